The minimum atomic E-state index is -4.66. The summed E-state index contributed by atoms with van der Waals surface area (Å²) < 4.78 is 79.3. The lowest BCUT2D eigenvalue weighted by molar-refractivity contribution is -0.137. The van der Waals surface area contributed by atoms with Crippen molar-refractivity contribution in [1.29, 1.82) is 0 Å². The highest BCUT2D eigenvalue weighted by Gasteiger charge is 2.30. The van der Waals surface area contributed by atoms with Crippen LogP contribution < -0.4 is 15.6 Å². The number of carbonyl (C=O) groups is 2. The number of rotatable bonds is 5. The SMILES string of the molecule is Cc1ccc(F)cc1C(=O)NNC(=O)c1cccc(S(=O)(=O)Nc2cccc(C(F)(F)F)c2)c1. The molecule has 12 heteroatoms. The van der Waals surface area contributed by atoms with Gasteiger partial charge in [0.15, 0.2) is 0 Å². The van der Waals surface area contributed by atoms with Gasteiger partial charge in [-0.25, -0.2) is 12.8 Å². The molecule has 0 bridgehead atoms. The Morgan fingerprint density at radius 2 is 1.53 bits per heavy atom. The molecule has 0 heterocycles. The number of nitrogens with one attached hydrogen (secondary N) is 3. The molecule has 7 nitrogen and oxygen atoms in total. The zero-order valence-corrected chi connectivity index (χ0v) is 18.2. The molecule has 2 amide bonds. The van der Waals surface area contributed by atoms with Crippen LogP contribution in [0, 0.1) is 12.7 Å². The fraction of sp³-hybridized carbons (Fsp3) is 0.0909. The first kappa shape index (κ1) is 24.7. The predicted molar refractivity (Wildman–Crippen MR) is 115 cm³/mol. The Bertz CT molecular complexity index is 1360. The average molecular weight is 495 g/mol. The maximum Gasteiger partial charge on any atom is 0.416 e. The van der Waals surface area contributed by atoms with Crippen LogP contribution in [0.1, 0.15) is 31.8 Å². The minimum absolute atomic E-state index is 0.0121. The molecule has 3 aromatic rings. The number of halogens is 4. The smallest absolute Gasteiger partial charge is 0.280 e. The van der Waals surface area contributed by atoms with Crippen LogP contribution in [-0.4, -0.2) is 20.2 Å². The van der Waals surface area contributed by atoms with Crippen molar-refractivity contribution in [3.63, 3.8) is 0 Å². The van der Waals surface area contributed by atoms with Crippen molar-refractivity contribution in [2.24, 2.45) is 0 Å². The normalized spacial score (nSPS) is 11.6. The van der Waals surface area contributed by atoms with Crippen LogP contribution in [0.15, 0.2) is 71.6 Å². The highest BCUT2D eigenvalue weighted by atomic mass is 32.2. The van der Waals surface area contributed by atoms with Crippen LogP contribution in [0.25, 0.3) is 0 Å². The van der Waals surface area contributed by atoms with E-state index in [9.17, 15) is 35.6 Å². The van der Waals surface area contributed by atoms with E-state index >= 15 is 0 Å². The number of hydrogen-bond donors (Lipinski definition) is 3. The van der Waals surface area contributed by atoms with E-state index in [0.29, 0.717) is 11.6 Å². The molecule has 0 spiro atoms. The summed E-state index contributed by atoms with van der Waals surface area (Å²) in [5, 5.41) is 0. The van der Waals surface area contributed by atoms with Gasteiger partial charge in [-0.15, -0.1) is 0 Å². The third-order valence-electron chi connectivity index (χ3n) is 4.58. The summed E-state index contributed by atoms with van der Waals surface area (Å²) in [5.74, 6) is -2.31. The van der Waals surface area contributed by atoms with Gasteiger partial charge in [0.2, 0.25) is 0 Å². The standard InChI is InChI=1S/C22H17F4N3O4S/c1-13-8-9-16(23)12-19(13)21(31)28-27-20(30)14-4-2-7-18(10-14)34(32,33)29-17-6-3-5-15(11-17)22(24,25)26/h2-12,29H,1H3,(H,27,30)(H,28,31). The number of hydrogen-bond acceptors (Lipinski definition) is 4. The summed E-state index contributed by atoms with van der Waals surface area (Å²) in [6.45, 7) is 1.57. The summed E-state index contributed by atoms with van der Waals surface area (Å²) in [5.41, 5.74) is 3.13. The molecule has 0 atom stereocenters. The molecular weight excluding hydrogens is 478 g/mol. The first-order valence-corrected chi connectivity index (χ1v) is 11.0. The molecule has 0 unspecified atom stereocenters. The van der Waals surface area contributed by atoms with Crippen LogP contribution in [0.2, 0.25) is 0 Å². The van der Waals surface area contributed by atoms with Crippen molar-refractivity contribution >= 4 is 27.5 Å². The quantitative estimate of drug-likeness (QED) is 0.367. The maximum atomic E-state index is 13.4. The third kappa shape index (κ3) is 5.90. The topological polar surface area (TPSA) is 104 Å². The van der Waals surface area contributed by atoms with E-state index in [2.05, 4.69) is 10.9 Å². The fourth-order valence-electron chi connectivity index (χ4n) is 2.87. The number of amides is 2. The molecular formula is C22H17F4N3O4S. The summed E-state index contributed by atoms with van der Waals surface area (Å²) in [4.78, 5) is 24.2. The van der Waals surface area contributed by atoms with Gasteiger partial charge in [0.1, 0.15) is 5.82 Å². The molecule has 3 rings (SSSR count). The van der Waals surface area contributed by atoms with E-state index in [1.54, 1.807) is 6.92 Å². The number of hydrazine groups is 1. The number of benzene rings is 3. The van der Waals surface area contributed by atoms with Crippen LogP contribution in [0.3, 0.4) is 0 Å². The Balaban J connectivity index is 1.74. The van der Waals surface area contributed by atoms with E-state index in [4.69, 9.17) is 0 Å². The number of carbonyl (C=O) groups excluding carboxylic acids is 2. The molecule has 0 radical (unpaired) electrons. The van der Waals surface area contributed by atoms with Crippen molar-refractivity contribution in [2.75, 3.05) is 4.72 Å². The molecule has 0 saturated carbocycles. The Hall–Kier alpha value is -3.93. The monoisotopic (exact) mass is 495 g/mol. The summed E-state index contributed by atoms with van der Waals surface area (Å²) in [6.07, 6.45) is -4.66. The largest absolute Gasteiger partial charge is 0.416 e. The molecule has 0 aliphatic carbocycles. The maximum absolute atomic E-state index is 13.4. The Kier molecular flexibility index (Phi) is 6.91. The zero-order chi connectivity index (χ0) is 25.1. The Labute approximate surface area is 191 Å². The van der Waals surface area contributed by atoms with E-state index in [0.717, 1.165) is 36.4 Å². The number of anilines is 1. The van der Waals surface area contributed by atoms with E-state index in [-0.39, 0.29) is 16.8 Å². The van der Waals surface area contributed by atoms with Gasteiger partial charge in [0, 0.05) is 16.8 Å². The third-order valence-corrected chi connectivity index (χ3v) is 5.96. The molecule has 0 aliphatic rings. The lowest BCUT2D eigenvalue weighted by Gasteiger charge is -2.12. The van der Waals surface area contributed by atoms with Gasteiger partial charge < -0.3 is 0 Å². The zero-order valence-electron chi connectivity index (χ0n) is 17.4. The number of sulfonamides is 1. The predicted octanol–water partition coefficient (Wildman–Crippen LogP) is 4.03. The number of alkyl halides is 3. The molecule has 3 N–H and O–H groups in total. The molecule has 178 valence electrons. The second-order valence-corrected chi connectivity index (χ2v) is 8.76. The molecule has 0 saturated heterocycles. The molecule has 0 aliphatic heterocycles. The van der Waals surface area contributed by atoms with Gasteiger partial charge in [-0.05, 0) is 61.0 Å². The first-order chi connectivity index (χ1) is 15.9. The van der Waals surface area contributed by atoms with Crippen molar-refractivity contribution in [2.45, 2.75) is 18.0 Å². The van der Waals surface area contributed by atoms with Crippen molar-refractivity contribution < 1.29 is 35.6 Å². The van der Waals surface area contributed by atoms with E-state index < -0.39 is 44.3 Å². The fourth-order valence-corrected chi connectivity index (χ4v) is 3.96. The van der Waals surface area contributed by atoms with Gasteiger partial charge in [-0.1, -0.05) is 18.2 Å². The molecule has 3 aromatic carbocycles. The van der Waals surface area contributed by atoms with Gasteiger partial charge in [-0.3, -0.25) is 25.2 Å². The summed E-state index contributed by atoms with van der Waals surface area (Å²) in [7, 11) is -4.34. The lowest BCUT2D eigenvalue weighted by atomic mass is 10.1. The highest BCUT2D eigenvalue weighted by molar-refractivity contribution is 7.92. The van der Waals surface area contributed by atoms with Crippen LogP contribution >= 0.6 is 0 Å². The van der Waals surface area contributed by atoms with E-state index in [1.165, 1.54) is 24.3 Å². The van der Waals surface area contributed by atoms with Crippen molar-refractivity contribution in [3.8, 4) is 0 Å². The number of aryl methyl sites for hydroxylation is 1. The Morgan fingerprint density at radius 1 is 0.853 bits per heavy atom. The summed E-state index contributed by atoms with van der Waals surface area (Å²) >= 11 is 0. The molecule has 0 aromatic heterocycles. The van der Waals surface area contributed by atoms with E-state index in [1.807, 2.05) is 4.72 Å². The Morgan fingerprint density at radius 3 is 2.24 bits per heavy atom. The van der Waals surface area contributed by atoms with Gasteiger partial charge in [0.05, 0.1) is 10.5 Å². The highest BCUT2D eigenvalue weighted by Crippen LogP contribution is 2.31. The minimum Gasteiger partial charge on any atom is -0.280 e. The second-order valence-electron chi connectivity index (χ2n) is 7.08. The molecule has 0 fully saturated rings. The first-order valence-electron chi connectivity index (χ1n) is 9.54. The van der Waals surface area contributed by atoms with Crippen LogP contribution in [0.4, 0.5) is 23.2 Å². The van der Waals surface area contributed by atoms with Gasteiger partial charge >= 0.3 is 6.18 Å². The van der Waals surface area contributed by atoms with Gasteiger partial charge in [0.25, 0.3) is 21.8 Å². The van der Waals surface area contributed by atoms with Crippen LogP contribution in [-0.2, 0) is 16.2 Å². The van der Waals surface area contributed by atoms with Crippen molar-refractivity contribution in [3.05, 3.63) is 94.8 Å². The van der Waals surface area contributed by atoms with Gasteiger partial charge in [-0.2, -0.15) is 13.2 Å². The second kappa shape index (κ2) is 9.51. The summed E-state index contributed by atoms with van der Waals surface area (Å²) in [6, 6.07) is 11.8. The molecule has 34 heavy (non-hydrogen) atoms. The average Bonchev–Trinajstić information content (AvgIpc) is 2.78. The van der Waals surface area contributed by atoms with Crippen LogP contribution in [0.5, 0.6) is 0 Å². The lowest BCUT2D eigenvalue weighted by Crippen LogP contribution is -2.42. The van der Waals surface area contributed by atoms with Crippen molar-refractivity contribution in [1.82, 2.24) is 10.9 Å².